The summed E-state index contributed by atoms with van der Waals surface area (Å²) in [5, 5.41) is 6.21. The Morgan fingerprint density at radius 2 is 1.94 bits per heavy atom. The van der Waals surface area contributed by atoms with Gasteiger partial charge in [0.1, 0.15) is 10.8 Å². The fourth-order valence-electron chi connectivity index (χ4n) is 3.81. The fraction of sp³-hybridized carbons (Fsp3) is 0.138. The van der Waals surface area contributed by atoms with Gasteiger partial charge in [0.05, 0.1) is 0 Å². The van der Waals surface area contributed by atoms with Crippen LogP contribution in [-0.2, 0) is 13.1 Å². The monoisotopic (exact) mass is 501 g/mol. The summed E-state index contributed by atoms with van der Waals surface area (Å²) < 4.78 is 16.0. The number of thiazole rings is 1. The topological polar surface area (TPSA) is 28.2 Å². The molecule has 4 aromatic rings. The van der Waals surface area contributed by atoms with Crippen LogP contribution in [0.5, 0.6) is 0 Å². The highest BCUT2D eigenvalue weighted by molar-refractivity contribution is 7.97. The standard InChI is InChI=1S/C29H28FN3S2/c1-4-23(17-29-32-14-15-34-29)27-18-26(12-13-28(27)31-3)35-33(19-22-8-6-5-7-9-22)20-24-10-11-25(30)16-21(24)2/h4-18,31H,1,19-20H2,2-3H3/b23-17-. The van der Waals surface area contributed by atoms with Crippen molar-refractivity contribution in [1.29, 1.82) is 0 Å². The van der Waals surface area contributed by atoms with Gasteiger partial charge < -0.3 is 5.32 Å². The lowest BCUT2D eigenvalue weighted by atomic mass is 10.0. The third-order valence-electron chi connectivity index (χ3n) is 5.61. The van der Waals surface area contributed by atoms with E-state index >= 15 is 0 Å². The van der Waals surface area contributed by atoms with Gasteiger partial charge in [0.15, 0.2) is 0 Å². The Labute approximate surface area is 215 Å². The van der Waals surface area contributed by atoms with Crippen LogP contribution in [0.3, 0.4) is 0 Å². The summed E-state index contributed by atoms with van der Waals surface area (Å²) in [5.74, 6) is -0.204. The second-order valence-corrected chi connectivity index (χ2v) is 10.2. The van der Waals surface area contributed by atoms with Crippen LogP contribution in [0.4, 0.5) is 10.1 Å². The zero-order valence-electron chi connectivity index (χ0n) is 19.9. The minimum atomic E-state index is -0.204. The number of allylic oxidation sites excluding steroid dienone is 2. The Kier molecular flexibility index (Phi) is 8.53. The predicted octanol–water partition coefficient (Wildman–Crippen LogP) is 8.07. The summed E-state index contributed by atoms with van der Waals surface area (Å²) in [7, 11) is 1.93. The number of anilines is 1. The molecule has 0 radical (unpaired) electrons. The molecule has 0 amide bonds. The van der Waals surface area contributed by atoms with Crippen LogP contribution in [0, 0.1) is 12.7 Å². The van der Waals surface area contributed by atoms with Crippen molar-refractivity contribution >= 4 is 40.6 Å². The lowest BCUT2D eigenvalue weighted by molar-refractivity contribution is 0.460. The normalized spacial score (nSPS) is 11.6. The van der Waals surface area contributed by atoms with Crippen molar-refractivity contribution in [3.05, 3.63) is 124 Å². The lowest BCUT2D eigenvalue weighted by Crippen LogP contribution is -2.16. The van der Waals surface area contributed by atoms with Crippen LogP contribution in [0.2, 0.25) is 0 Å². The molecule has 3 aromatic carbocycles. The Morgan fingerprint density at radius 3 is 2.63 bits per heavy atom. The first-order chi connectivity index (χ1) is 17.1. The number of aryl methyl sites for hydroxylation is 1. The Morgan fingerprint density at radius 1 is 1.11 bits per heavy atom. The van der Waals surface area contributed by atoms with Gasteiger partial charge in [-0.25, -0.2) is 13.7 Å². The average Bonchev–Trinajstić information content (AvgIpc) is 3.38. The van der Waals surface area contributed by atoms with Gasteiger partial charge in [-0.3, -0.25) is 0 Å². The molecular formula is C29H28FN3S2. The van der Waals surface area contributed by atoms with E-state index in [0.29, 0.717) is 6.54 Å². The first-order valence-electron chi connectivity index (χ1n) is 11.3. The molecule has 6 heteroatoms. The van der Waals surface area contributed by atoms with Crippen molar-refractivity contribution < 1.29 is 4.39 Å². The number of benzene rings is 3. The number of aromatic nitrogens is 1. The van der Waals surface area contributed by atoms with Gasteiger partial charge in [0.2, 0.25) is 0 Å². The maximum absolute atomic E-state index is 13.7. The Hall–Kier alpha value is -3.19. The van der Waals surface area contributed by atoms with E-state index in [4.69, 9.17) is 0 Å². The predicted molar refractivity (Wildman–Crippen MR) is 149 cm³/mol. The van der Waals surface area contributed by atoms with E-state index in [2.05, 4.69) is 69.7 Å². The van der Waals surface area contributed by atoms with E-state index in [1.54, 1.807) is 35.5 Å². The van der Waals surface area contributed by atoms with Gasteiger partial charge in [-0.1, -0.05) is 49.1 Å². The maximum Gasteiger partial charge on any atom is 0.123 e. The van der Waals surface area contributed by atoms with Gasteiger partial charge in [-0.2, -0.15) is 0 Å². The molecule has 0 spiro atoms. The highest BCUT2D eigenvalue weighted by atomic mass is 32.2. The number of hydrogen-bond donors (Lipinski definition) is 1. The van der Waals surface area contributed by atoms with Gasteiger partial charge in [-0.15, -0.1) is 11.3 Å². The van der Waals surface area contributed by atoms with E-state index < -0.39 is 0 Å². The molecule has 0 fully saturated rings. The van der Waals surface area contributed by atoms with E-state index in [1.165, 1.54) is 11.6 Å². The second-order valence-electron chi connectivity index (χ2n) is 8.08. The Balaban J connectivity index is 1.66. The third kappa shape index (κ3) is 6.69. The van der Waals surface area contributed by atoms with Gasteiger partial charge in [0.25, 0.3) is 0 Å². The van der Waals surface area contributed by atoms with Gasteiger partial charge in [-0.05, 0) is 77.5 Å². The zero-order valence-corrected chi connectivity index (χ0v) is 21.5. The van der Waals surface area contributed by atoms with Crippen LogP contribution in [0.1, 0.15) is 27.3 Å². The summed E-state index contributed by atoms with van der Waals surface area (Å²) in [5.41, 5.74) is 6.40. The molecule has 0 unspecified atom stereocenters. The minimum absolute atomic E-state index is 0.204. The van der Waals surface area contributed by atoms with Crippen molar-refractivity contribution in [2.75, 3.05) is 12.4 Å². The largest absolute Gasteiger partial charge is 0.388 e. The summed E-state index contributed by atoms with van der Waals surface area (Å²) in [6, 6.07) is 21.8. The van der Waals surface area contributed by atoms with Gasteiger partial charge in [0, 0.05) is 47.9 Å². The molecular weight excluding hydrogens is 473 g/mol. The highest BCUT2D eigenvalue weighted by Gasteiger charge is 2.14. The first-order valence-corrected chi connectivity index (χ1v) is 13.0. The molecule has 3 nitrogen and oxygen atoms in total. The maximum atomic E-state index is 13.7. The van der Waals surface area contributed by atoms with Crippen molar-refractivity contribution in [3.8, 4) is 0 Å². The molecule has 4 rings (SSSR count). The van der Waals surface area contributed by atoms with Crippen molar-refractivity contribution in [2.45, 2.75) is 24.9 Å². The summed E-state index contributed by atoms with van der Waals surface area (Å²) in [6.45, 7) is 7.46. The molecule has 0 atom stereocenters. The van der Waals surface area contributed by atoms with E-state index in [9.17, 15) is 4.39 Å². The van der Waals surface area contributed by atoms with Crippen LogP contribution in [-0.4, -0.2) is 16.3 Å². The van der Waals surface area contributed by atoms with E-state index in [0.717, 1.165) is 44.4 Å². The smallest absolute Gasteiger partial charge is 0.123 e. The third-order valence-corrected chi connectivity index (χ3v) is 7.31. The zero-order chi connectivity index (χ0) is 24.6. The van der Waals surface area contributed by atoms with E-state index in [-0.39, 0.29) is 5.82 Å². The fourth-order valence-corrected chi connectivity index (χ4v) is 5.40. The van der Waals surface area contributed by atoms with Crippen LogP contribution in [0.25, 0.3) is 11.6 Å². The molecule has 1 aromatic heterocycles. The Bertz CT molecular complexity index is 1300. The summed E-state index contributed by atoms with van der Waals surface area (Å²) in [6.07, 6.45) is 5.74. The highest BCUT2D eigenvalue weighted by Crippen LogP contribution is 2.34. The van der Waals surface area contributed by atoms with Crippen LogP contribution in [0.15, 0.2) is 95.9 Å². The molecule has 35 heavy (non-hydrogen) atoms. The quantitative estimate of drug-likeness (QED) is 0.176. The van der Waals surface area contributed by atoms with Gasteiger partial charge >= 0.3 is 0 Å². The van der Waals surface area contributed by atoms with Crippen LogP contribution >= 0.6 is 23.3 Å². The van der Waals surface area contributed by atoms with E-state index in [1.807, 2.05) is 37.6 Å². The molecule has 0 aliphatic rings. The average molecular weight is 502 g/mol. The number of hydrogen-bond acceptors (Lipinski definition) is 5. The molecule has 0 saturated carbocycles. The van der Waals surface area contributed by atoms with Crippen LogP contribution < -0.4 is 5.32 Å². The van der Waals surface area contributed by atoms with Crippen molar-refractivity contribution in [3.63, 3.8) is 0 Å². The molecule has 0 aliphatic heterocycles. The molecule has 0 saturated heterocycles. The number of rotatable bonds is 10. The minimum Gasteiger partial charge on any atom is -0.388 e. The molecule has 0 aliphatic carbocycles. The SMILES string of the molecule is C=C/C(=C/c1nccs1)c1cc(SN(Cc2ccccc2)Cc2ccc(F)cc2C)ccc1NC. The molecule has 1 N–H and O–H groups in total. The number of halogens is 1. The number of nitrogens with zero attached hydrogens (tertiary/aromatic N) is 2. The lowest BCUT2D eigenvalue weighted by Gasteiger charge is -2.23. The number of nitrogens with one attached hydrogen (secondary N) is 1. The second kappa shape index (κ2) is 12.0. The molecule has 1 heterocycles. The van der Waals surface area contributed by atoms with Crippen molar-refractivity contribution in [1.82, 2.24) is 9.29 Å². The van der Waals surface area contributed by atoms with Crippen molar-refractivity contribution in [2.24, 2.45) is 0 Å². The molecule has 0 bridgehead atoms. The first kappa shape index (κ1) is 24.9. The summed E-state index contributed by atoms with van der Waals surface area (Å²) in [4.78, 5) is 5.51. The molecule has 178 valence electrons. The summed E-state index contributed by atoms with van der Waals surface area (Å²) >= 11 is 3.30.